The van der Waals surface area contributed by atoms with Crippen LogP contribution in [0.5, 0.6) is 0 Å². The Morgan fingerprint density at radius 3 is 2.42 bits per heavy atom. The smallest absolute Gasteiger partial charge is 0.410 e. The van der Waals surface area contributed by atoms with Gasteiger partial charge in [0.2, 0.25) is 0 Å². The van der Waals surface area contributed by atoms with Crippen molar-refractivity contribution in [1.29, 1.82) is 0 Å². The van der Waals surface area contributed by atoms with Gasteiger partial charge in [0.05, 0.1) is 23.9 Å². The van der Waals surface area contributed by atoms with Crippen LogP contribution in [0.4, 0.5) is 4.79 Å². The fourth-order valence-corrected chi connectivity index (χ4v) is 8.05. The van der Waals surface area contributed by atoms with E-state index >= 15 is 0 Å². The molecule has 2 unspecified atom stereocenters. The average Bonchev–Trinajstić information content (AvgIpc) is 3.28. The van der Waals surface area contributed by atoms with E-state index in [1.165, 1.54) is 6.92 Å². The number of aliphatic hydroxyl groups excluding tert-OH is 1. The topological polar surface area (TPSA) is 173 Å². The molecule has 14 heteroatoms. The van der Waals surface area contributed by atoms with Gasteiger partial charge in [-0.05, 0) is 97.7 Å². The van der Waals surface area contributed by atoms with Crippen molar-refractivity contribution < 1.29 is 43.2 Å². The molecule has 48 heavy (non-hydrogen) atoms. The predicted molar refractivity (Wildman–Crippen MR) is 178 cm³/mol. The van der Waals surface area contributed by atoms with E-state index < -0.39 is 65.6 Å². The molecule has 1 N–H and O–H groups in total. The molecule has 0 aromatic heterocycles. The number of unbranched alkanes of at least 4 members (excludes halogenated alkanes) is 1. The van der Waals surface area contributed by atoms with Crippen molar-refractivity contribution in [2.24, 2.45) is 22.9 Å². The molecule has 3 aliphatic heterocycles. The number of esters is 1. The van der Waals surface area contributed by atoms with Crippen molar-refractivity contribution in [2.45, 2.75) is 147 Å². The fraction of sp³-hybridized carbons (Fsp3) is 0.912. The monoisotopic (exact) mass is 681 g/mol. The number of hydrogen-bond acceptors (Lipinski definition) is 11. The first kappa shape index (κ1) is 40.0. The van der Waals surface area contributed by atoms with E-state index in [4.69, 9.17) is 29.2 Å². The summed E-state index contributed by atoms with van der Waals surface area (Å²) in [6, 6.07) is -0.649. The fourth-order valence-electron chi connectivity index (χ4n) is 8.05. The number of nitrogens with zero attached hydrogens (tertiary/aromatic N) is 5. The van der Waals surface area contributed by atoms with Gasteiger partial charge in [-0.25, -0.2) is 4.79 Å². The zero-order valence-corrected chi connectivity index (χ0v) is 30.6. The first-order valence-electron chi connectivity index (χ1n) is 17.5. The summed E-state index contributed by atoms with van der Waals surface area (Å²) in [5.74, 6) is -2.29. The van der Waals surface area contributed by atoms with Gasteiger partial charge in [0.15, 0.2) is 11.9 Å². The maximum atomic E-state index is 13.8. The lowest BCUT2D eigenvalue weighted by molar-refractivity contribution is -0.289. The zero-order valence-electron chi connectivity index (χ0n) is 30.6. The Balaban J connectivity index is 2.00. The molecule has 3 rings (SSSR count). The van der Waals surface area contributed by atoms with E-state index in [2.05, 4.69) is 23.9 Å². The van der Waals surface area contributed by atoms with Crippen molar-refractivity contribution in [3.63, 3.8) is 0 Å². The number of carbonyl (C=O) groups is 3. The number of fused-ring (bicyclic) bond motifs is 1. The van der Waals surface area contributed by atoms with E-state index in [1.807, 2.05) is 46.7 Å². The predicted octanol–water partition coefficient (Wildman–Crippen LogP) is 4.86. The second-order valence-electron chi connectivity index (χ2n) is 14.8. The molecule has 0 radical (unpaired) electrons. The van der Waals surface area contributed by atoms with Crippen LogP contribution in [0.25, 0.3) is 10.4 Å². The van der Waals surface area contributed by atoms with Gasteiger partial charge in [-0.3, -0.25) is 9.59 Å². The van der Waals surface area contributed by atoms with Gasteiger partial charge in [0, 0.05) is 37.6 Å². The van der Waals surface area contributed by atoms with Crippen molar-refractivity contribution in [2.75, 3.05) is 34.3 Å². The van der Waals surface area contributed by atoms with Crippen LogP contribution in [-0.4, -0.2) is 121 Å². The van der Waals surface area contributed by atoms with Gasteiger partial charge >= 0.3 is 12.1 Å². The highest BCUT2D eigenvalue weighted by Gasteiger charge is 2.58. The van der Waals surface area contributed by atoms with Crippen LogP contribution in [0.3, 0.4) is 0 Å². The van der Waals surface area contributed by atoms with E-state index in [-0.39, 0.29) is 30.4 Å². The Bertz CT molecular complexity index is 1170. The molecule has 0 aliphatic carbocycles. The number of methoxy groups -OCH3 is 1. The molecule has 3 aliphatic rings. The van der Waals surface area contributed by atoms with Crippen LogP contribution in [0.1, 0.15) is 93.4 Å². The molecule has 0 aromatic rings. The van der Waals surface area contributed by atoms with Gasteiger partial charge in [0.1, 0.15) is 23.9 Å². The Hall–Kier alpha value is -2.48. The van der Waals surface area contributed by atoms with Crippen molar-refractivity contribution in [3.8, 4) is 0 Å². The number of rotatable bonds is 10. The highest BCUT2D eigenvalue weighted by Crippen LogP contribution is 2.43. The first-order chi connectivity index (χ1) is 22.5. The lowest BCUT2D eigenvalue weighted by atomic mass is 9.75. The minimum atomic E-state index is -1.16. The summed E-state index contributed by atoms with van der Waals surface area (Å²) in [6.07, 6.45) is -1.12. The van der Waals surface area contributed by atoms with E-state index in [1.54, 1.807) is 12.0 Å². The molecule has 0 saturated carbocycles. The van der Waals surface area contributed by atoms with Gasteiger partial charge in [-0.2, -0.15) is 0 Å². The molecule has 0 spiro atoms. The van der Waals surface area contributed by atoms with Crippen molar-refractivity contribution in [1.82, 2.24) is 9.80 Å². The van der Waals surface area contributed by atoms with Gasteiger partial charge in [-0.1, -0.05) is 25.9 Å². The minimum Gasteiger partial charge on any atom is -0.458 e. The van der Waals surface area contributed by atoms with E-state index in [0.717, 1.165) is 0 Å². The number of likely N-dealkylation sites (N-methyl/N-ethyl adjacent to an activating group) is 1. The normalized spacial score (nSPS) is 40.1. The van der Waals surface area contributed by atoms with Crippen molar-refractivity contribution >= 4 is 17.8 Å². The number of ketones is 1. The number of Topliss-reactive ketones (excluding diaryl/α,β-unsaturated/α-hetero) is 1. The number of aliphatic hydroxyl groups is 1. The summed E-state index contributed by atoms with van der Waals surface area (Å²) in [4.78, 5) is 47.4. The third-order valence-corrected chi connectivity index (χ3v) is 10.7. The van der Waals surface area contributed by atoms with E-state index in [0.29, 0.717) is 51.6 Å². The average molecular weight is 682 g/mol. The molecule has 0 aromatic carbocycles. The van der Waals surface area contributed by atoms with Crippen LogP contribution < -0.4 is 0 Å². The van der Waals surface area contributed by atoms with E-state index in [9.17, 15) is 19.5 Å². The first-order valence-corrected chi connectivity index (χ1v) is 17.5. The Labute approximate surface area is 285 Å². The molecular weight excluding hydrogens is 622 g/mol. The quantitative estimate of drug-likeness (QED) is 0.0838. The van der Waals surface area contributed by atoms with Crippen LogP contribution in [0.2, 0.25) is 0 Å². The molecule has 3 saturated heterocycles. The van der Waals surface area contributed by atoms with Crippen LogP contribution >= 0.6 is 0 Å². The summed E-state index contributed by atoms with van der Waals surface area (Å²) in [6.45, 7) is 13.9. The largest absolute Gasteiger partial charge is 0.458 e. The van der Waals surface area contributed by atoms with Crippen LogP contribution in [0.15, 0.2) is 5.11 Å². The number of azide groups is 1. The molecule has 12 atom stereocenters. The van der Waals surface area contributed by atoms with Crippen LogP contribution in [0, 0.1) is 17.8 Å². The maximum absolute atomic E-state index is 13.8. The zero-order chi connectivity index (χ0) is 36.0. The second-order valence-corrected chi connectivity index (χ2v) is 14.8. The molecule has 3 fully saturated rings. The summed E-state index contributed by atoms with van der Waals surface area (Å²) in [7, 11) is 5.36. The van der Waals surface area contributed by atoms with Gasteiger partial charge in [-0.15, -0.1) is 0 Å². The minimum absolute atomic E-state index is 0.0338. The van der Waals surface area contributed by atoms with Crippen LogP contribution in [-0.2, 0) is 33.3 Å². The molecule has 0 bridgehead atoms. The summed E-state index contributed by atoms with van der Waals surface area (Å²) >= 11 is 0. The molecule has 1 amide bonds. The summed E-state index contributed by atoms with van der Waals surface area (Å²) in [5, 5.41) is 14.9. The number of cyclic esters (lactones) is 1. The second kappa shape index (κ2) is 17.0. The summed E-state index contributed by atoms with van der Waals surface area (Å²) < 4.78 is 30.9. The van der Waals surface area contributed by atoms with Crippen molar-refractivity contribution in [3.05, 3.63) is 10.4 Å². The third kappa shape index (κ3) is 9.00. The molecular formula is C34H59N5O9. The van der Waals surface area contributed by atoms with Gasteiger partial charge in [0.25, 0.3) is 0 Å². The molecule has 14 nitrogen and oxygen atoms in total. The summed E-state index contributed by atoms with van der Waals surface area (Å²) in [5.41, 5.74) is 6.48. The highest BCUT2D eigenvalue weighted by molar-refractivity contribution is 5.99. The number of carbonyl (C=O) groups excluding carboxylic acids is 3. The Morgan fingerprint density at radius 1 is 1.12 bits per heavy atom. The lowest BCUT2D eigenvalue weighted by Crippen LogP contribution is -2.58. The number of hydrogen-bond donors (Lipinski definition) is 1. The molecule has 274 valence electrons. The SMILES string of the molecule is CC[C@H]1OC(=O)[C@H](C)C(=O)C[C@@H](O[C@@H]2O[C@H](C)CC(N(C)C)C2O)[C@](C)(OC)C[C@@H](C)C[C@H](C)[C@H]2N(CCCCN=[N+]=[N-])C(=O)O[C@]12C. The third-order valence-electron chi connectivity index (χ3n) is 10.7. The standard InChI is InChI=1S/C34H59N5O9/c1-11-26-34(7)29(39(32(43)48-34)15-13-12-14-36-37-35)21(3)16-20(2)19-33(6,44-10)27(18-25(40)23(5)30(42)46-26)47-31-28(41)24(38(8)9)17-22(4)45-31/h20-24,26-29,31,41H,11-19H2,1-10H3/t20-,21-,22+,23+,24?,26+,27+,28?,29+,31-,33+,34+/m0/s1. The Morgan fingerprint density at radius 2 is 1.81 bits per heavy atom. The highest BCUT2D eigenvalue weighted by atomic mass is 16.7. The van der Waals surface area contributed by atoms with Gasteiger partial charge < -0.3 is 38.6 Å². The maximum Gasteiger partial charge on any atom is 0.410 e. The Kier molecular flexibility index (Phi) is 14.1. The number of amides is 1. The number of ether oxygens (including phenoxy) is 5. The lowest BCUT2D eigenvalue weighted by Gasteiger charge is -2.46. The molecule has 3 heterocycles.